The van der Waals surface area contributed by atoms with Crippen LogP contribution in [0.3, 0.4) is 0 Å². The number of carbonyl (C=O) groups excluding carboxylic acids is 2. The first-order chi connectivity index (χ1) is 9.36. The standard InChI is InChI=1S/C12H16F4O4/c1-3-4-20-12(18)6-5(11(17)19-2)7(13)9(15)10(16)8(6)14/h5-10H,3-4H2,1-2H3. The summed E-state index contributed by atoms with van der Waals surface area (Å²) < 4.78 is 63.0. The first-order valence-electron chi connectivity index (χ1n) is 6.17. The number of rotatable bonds is 4. The van der Waals surface area contributed by atoms with Gasteiger partial charge in [-0.05, 0) is 6.42 Å². The molecule has 0 aliphatic heterocycles. The molecule has 1 rings (SSSR count). The van der Waals surface area contributed by atoms with Crippen molar-refractivity contribution in [2.75, 3.05) is 13.7 Å². The summed E-state index contributed by atoms with van der Waals surface area (Å²) in [6.45, 7) is 1.56. The third-order valence-corrected chi connectivity index (χ3v) is 3.18. The van der Waals surface area contributed by atoms with E-state index in [0.717, 1.165) is 7.11 Å². The van der Waals surface area contributed by atoms with Crippen LogP contribution < -0.4 is 0 Å². The summed E-state index contributed by atoms with van der Waals surface area (Å²) in [6.07, 6.45) is -10.6. The number of hydrogen-bond donors (Lipinski definition) is 0. The molecule has 6 unspecified atom stereocenters. The Morgan fingerprint density at radius 1 is 0.900 bits per heavy atom. The van der Waals surface area contributed by atoms with Gasteiger partial charge in [0.15, 0.2) is 12.3 Å². The Morgan fingerprint density at radius 3 is 1.75 bits per heavy atom. The molecule has 0 heterocycles. The molecule has 0 aromatic carbocycles. The second-order valence-electron chi connectivity index (χ2n) is 4.52. The molecule has 20 heavy (non-hydrogen) atoms. The van der Waals surface area contributed by atoms with Crippen molar-refractivity contribution >= 4 is 11.9 Å². The highest BCUT2D eigenvalue weighted by Crippen LogP contribution is 2.39. The zero-order valence-corrected chi connectivity index (χ0v) is 11.0. The van der Waals surface area contributed by atoms with Gasteiger partial charge in [0.1, 0.15) is 24.2 Å². The third kappa shape index (κ3) is 3.04. The van der Waals surface area contributed by atoms with Crippen LogP contribution in [0.5, 0.6) is 0 Å². The molecule has 0 bridgehead atoms. The highest BCUT2D eigenvalue weighted by atomic mass is 19.2. The number of halogens is 4. The van der Waals surface area contributed by atoms with Crippen LogP contribution in [0.4, 0.5) is 17.6 Å². The van der Waals surface area contributed by atoms with Crippen LogP contribution in [0.2, 0.25) is 0 Å². The number of methoxy groups -OCH3 is 1. The van der Waals surface area contributed by atoms with Gasteiger partial charge in [-0.3, -0.25) is 9.59 Å². The van der Waals surface area contributed by atoms with Crippen LogP contribution in [0.15, 0.2) is 0 Å². The van der Waals surface area contributed by atoms with E-state index >= 15 is 0 Å². The Kier molecular flexibility index (Phi) is 5.76. The number of alkyl halides is 4. The molecular formula is C12H16F4O4. The van der Waals surface area contributed by atoms with Crippen molar-refractivity contribution in [2.45, 2.75) is 38.0 Å². The maximum absolute atomic E-state index is 13.8. The summed E-state index contributed by atoms with van der Waals surface area (Å²) in [7, 11) is 0.880. The van der Waals surface area contributed by atoms with Crippen molar-refractivity contribution in [1.29, 1.82) is 0 Å². The second kappa shape index (κ2) is 6.90. The molecule has 4 nitrogen and oxygen atoms in total. The second-order valence-corrected chi connectivity index (χ2v) is 4.52. The van der Waals surface area contributed by atoms with Crippen LogP contribution in [0.25, 0.3) is 0 Å². The van der Waals surface area contributed by atoms with Gasteiger partial charge >= 0.3 is 11.9 Å². The van der Waals surface area contributed by atoms with E-state index in [9.17, 15) is 27.2 Å². The molecule has 0 aromatic heterocycles. The van der Waals surface area contributed by atoms with E-state index in [1.54, 1.807) is 6.92 Å². The van der Waals surface area contributed by atoms with Gasteiger partial charge in [-0.25, -0.2) is 17.6 Å². The zero-order valence-electron chi connectivity index (χ0n) is 11.0. The Hall–Kier alpha value is -1.34. The van der Waals surface area contributed by atoms with Gasteiger partial charge in [-0.15, -0.1) is 0 Å². The largest absolute Gasteiger partial charge is 0.469 e. The lowest BCUT2D eigenvalue weighted by Gasteiger charge is -2.37. The molecule has 0 aromatic rings. The SMILES string of the molecule is CCCOC(=O)C1C(F)C(F)C(F)C(F)C1C(=O)OC. The minimum Gasteiger partial charge on any atom is -0.469 e. The third-order valence-electron chi connectivity index (χ3n) is 3.18. The van der Waals surface area contributed by atoms with Gasteiger partial charge < -0.3 is 9.47 Å². The number of esters is 2. The smallest absolute Gasteiger partial charge is 0.313 e. The van der Waals surface area contributed by atoms with Crippen LogP contribution in [0, 0.1) is 11.8 Å². The molecule has 1 saturated carbocycles. The monoisotopic (exact) mass is 300 g/mol. The highest BCUT2D eigenvalue weighted by molar-refractivity contribution is 5.83. The van der Waals surface area contributed by atoms with Crippen molar-refractivity contribution in [3.05, 3.63) is 0 Å². The first-order valence-corrected chi connectivity index (χ1v) is 6.17. The van der Waals surface area contributed by atoms with E-state index in [1.807, 2.05) is 0 Å². The molecular weight excluding hydrogens is 284 g/mol. The average molecular weight is 300 g/mol. The first kappa shape index (κ1) is 16.7. The summed E-state index contributed by atoms with van der Waals surface area (Å²) >= 11 is 0. The Balaban J connectivity index is 3.04. The molecule has 0 amide bonds. The molecule has 0 saturated heterocycles. The van der Waals surface area contributed by atoms with E-state index < -0.39 is 48.5 Å². The molecule has 0 spiro atoms. The summed E-state index contributed by atoms with van der Waals surface area (Å²) in [6, 6.07) is 0. The minimum atomic E-state index is -2.83. The average Bonchev–Trinajstić information content (AvgIpc) is 2.45. The van der Waals surface area contributed by atoms with Gasteiger partial charge in [0.05, 0.1) is 13.7 Å². The molecule has 0 radical (unpaired) electrons. The lowest BCUT2D eigenvalue weighted by atomic mass is 9.74. The fraction of sp³-hybridized carbons (Fsp3) is 0.833. The van der Waals surface area contributed by atoms with Crippen molar-refractivity contribution < 1.29 is 36.6 Å². The van der Waals surface area contributed by atoms with Crippen LogP contribution in [-0.2, 0) is 19.1 Å². The minimum absolute atomic E-state index is 0.0943. The molecule has 8 heteroatoms. The quantitative estimate of drug-likeness (QED) is 0.586. The van der Waals surface area contributed by atoms with Crippen molar-refractivity contribution in [3.63, 3.8) is 0 Å². The fourth-order valence-electron chi connectivity index (χ4n) is 2.13. The van der Waals surface area contributed by atoms with E-state index in [4.69, 9.17) is 0 Å². The van der Waals surface area contributed by atoms with Gasteiger partial charge in [0, 0.05) is 0 Å². The van der Waals surface area contributed by atoms with Crippen LogP contribution in [-0.4, -0.2) is 50.3 Å². The summed E-state index contributed by atoms with van der Waals surface area (Å²) in [4.78, 5) is 23.1. The molecule has 1 fully saturated rings. The lowest BCUT2D eigenvalue weighted by molar-refractivity contribution is -0.177. The lowest BCUT2D eigenvalue weighted by Crippen LogP contribution is -2.57. The molecule has 1 aliphatic rings. The van der Waals surface area contributed by atoms with Gasteiger partial charge in [0.25, 0.3) is 0 Å². The maximum Gasteiger partial charge on any atom is 0.313 e. The zero-order chi connectivity index (χ0) is 15.4. The molecule has 0 N–H and O–H groups in total. The predicted molar refractivity (Wildman–Crippen MR) is 59.8 cm³/mol. The van der Waals surface area contributed by atoms with Gasteiger partial charge in [-0.1, -0.05) is 6.92 Å². The summed E-state index contributed by atoms with van der Waals surface area (Å²) in [5.74, 6) is -6.69. The maximum atomic E-state index is 13.8. The van der Waals surface area contributed by atoms with E-state index in [-0.39, 0.29) is 6.61 Å². The fourth-order valence-corrected chi connectivity index (χ4v) is 2.13. The van der Waals surface area contributed by atoms with E-state index in [2.05, 4.69) is 9.47 Å². The van der Waals surface area contributed by atoms with E-state index in [0.29, 0.717) is 6.42 Å². The Morgan fingerprint density at radius 2 is 1.35 bits per heavy atom. The van der Waals surface area contributed by atoms with Crippen molar-refractivity contribution in [1.82, 2.24) is 0 Å². The number of ether oxygens (including phenoxy) is 2. The number of hydrogen-bond acceptors (Lipinski definition) is 4. The topological polar surface area (TPSA) is 52.6 Å². The molecule has 6 atom stereocenters. The Labute approximate surface area is 113 Å². The van der Waals surface area contributed by atoms with Gasteiger partial charge in [-0.2, -0.15) is 0 Å². The predicted octanol–water partition coefficient (Wildman–Crippen LogP) is 1.71. The summed E-state index contributed by atoms with van der Waals surface area (Å²) in [5.41, 5.74) is 0. The summed E-state index contributed by atoms with van der Waals surface area (Å²) in [5, 5.41) is 0. The van der Waals surface area contributed by atoms with Gasteiger partial charge in [0.2, 0.25) is 0 Å². The normalized spacial score (nSPS) is 37.3. The number of carbonyl (C=O) groups is 2. The Bertz CT molecular complexity index is 365. The molecule has 116 valence electrons. The molecule has 1 aliphatic carbocycles. The van der Waals surface area contributed by atoms with Crippen molar-refractivity contribution in [3.8, 4) is 0 Å². The van der Waals surface area contributed by atoms with Crippen LogP contribution in [0.1, 0.15) is 13.3 Å². The van der Waals surface area contributed by atoms with Crippen LogP contribution >= 0.6 is 0 Å². The van der Waals surface area contributed by atoms with E-state index in [1.165, 1.54) is 0 Å². The van der Waals surface area contributed by atoms with Crippen molar-refractivity contribution in [2.24, 2.45) is 11.8 Å². The highest BCUT2D eigenvalue weighted by Gasteiger charge is 2.59.